The van der Waals surface area contributed by atoms with Gasteiger partial charge in [-0.15, -0.1) is 0 Å². The summed E-state index contributed by atoms with van der Waals surface area (Å²) in [5, 5.41) is 0. The summed E-state index contributed by atoms with van der Waals surface area (Å²) in [5.74, 6) is 1.74. The van der Waals surface area contributed by atoms with E-state index in [4.69, 9.17) is 10.5 Å². The van der Waals surface area contributed by atoms with Gasteiger partial charge in [0.2, 0.25) is 0 Å². The predicted molar refractivity (Wildman–Crippen MR) is 117 cm³/mol. The van der Waals surface area contributed by atoms with Crippen molar-refractivity contribution in [1.29, 1.82) is 0 Å². The first-order chi connectivity index (χ1) is 14.3. The molecule has 2 aromatic carbocycles. The first-order valence-corrected chi connectivity index (χ1v) is 10.5. The van der Waals surface area contributed by atoms with E-state index >= 15 is 0 Å². The normalized spacial score (nSPS) is 19.2. The number of rotatable bonds is 7. The highest BCUT2D eigenvalue weighted by molar-refractivity contribution is 5.34. The van der Waals surface area contributed by atoms with Crippen LogP contribution < -0.4 is 10.5 Å². The molecule has 4 rings (SSSR count). The van der Waals surface area contributed by atoms with Gasteiger partial charge >= 0.3 is 0 Å². The maximum absolute atomic E-state index is 6.15. The van der Waals surface area contributed by atoms with Gasteiger partial charge in [0, 0.05) is 37.6 Å². The molecule has 0 atom stereocenters. The molecule has 1 aromatic heterocycles. The highest BCUT2D eigenvalue weighted by Gasteiger charge is 2.24. The summed E-state index contributed by atoms with van der Waals surface area (Å²) in [5.41, 5.74) is 8.66. The number of pyridine rings is 1. The van der Waals surface area contributed by atoms with Crippen LogP contribution in [0.25, 0.3) is 0 Å². The molecule has 4 heteroatoms. The van der Waals surface area contributed by atoms with Crippen LogP contribution in [-0.2, 0) is 13.1 Å². The molecule has 0 amide bonds. The molecule has 1 saturated carbocycles. The third-order valence-corrected chi connectivity index (χ3v) is 5.63. The van der Waals surface area contributed by atoms with Gasteiger partial charge in [0.25, 0.3) is 0 Å². The Bertz CT molecular complexity index is 877. The van der Waals surface area contributed by atoms with Crippen molar-refractivity contribution in [2.45, 2.75) is 50.9 Å². The van der Waals surface area contributed by atoms with Crippen molar-refractivity contribution >= 4 is 0 Å². The molecule has 150 valence electrons. The van der Waals surface area contributed by atoms with Crippen molar-refractivity contribution in [2.75, 3.05) is 0 Å². The van der Waals surface area contributed by atoms with Crippen LogP contribution in [0.5, 0.6) is 11.5 Å². The molecular weight excluding hydrogens is 358 g/mol. The van der Waals surface area contributed by atoms with Crippen LogP contribution >= 0.6 is 0 Å². The van der Waals surface area contributed by atoms with E-state index in [1.807, 2.05) is 54.9 Å². The minimum atomic E-state index is 0.356. The number of benzene rings is 2. The molecule has 1 heterocycles. The molecule has 1 aliphatic rings. The van der Waals surface area contributed by atoms with E-state index in [-0.39, 0.29) is 0 Å². The summed E-state index contributed by atoms with van der Waals surface area (Å²) in [6.07, 6.45) is 8.31. The van der Waals surface area contributed by atoms with Crippen LogP contribution in [0.3, 0.4) is 0 Å². The summed E-state index contributed by atoms with van der Waals surface area (Å²) in [4.78, 5) is 6.87. The van der Waals surface area contributed by atoms with E-state index < -0.39 is 0 Å². The third-order valence-electron chi connectivity index (χ3n) is 5.63. The Morgan fingerprint density at radius 3 is 2.31 bits per heavy atom. The number of aromatic nitrogens is 1. The number of hydrogen-bond acceptors (Lipinski definition) is 4. The second kappa shape index (κ2) is 9.68. The number of ether oxygens (including phenoxy) is 1. The van der Waals surface area contributed by atoms with Crippen molar-refractivity contribution in [3.8, 4) is 11.5 Å². The quantitative estimate of drug-likeness (QED) is 0.609. The van der Waals surface area contributed by atoms with E-state index in [9.17, 15) is 0 Å². The Hall–Kier alpha value is -2.69. The second-order valence-corrected chi connectivity index (χ2v) is 7.90. The lowest BCUT2D eigenvalue weighted by atomic mass is 9.90. The van der Waals surface area contributed by atoms with E-state index in [0.717, 1.165) is 50.3 Å². The Labute approximate surface area is 173 Å². The van der Waals surface area contributed by atoms with Crippen LogP contribution in [0.4, 0.5) is 0 Å². The first-order valence-electron chi connectivity index (χ1n) is 10.5. The number of nitrogens with zero attached hydrogens (tertiary/aromatic N) is 2. The Kier molecular flexibility index (Phi) is 6.55. The molecular formula is C25H29N3O. The highest BCUT2D eigenvalue weighted by Crippen LogP contribution is 2.27. The summed E-state index contributed by atoms with van der Waals surface area (Å²) < 4.78 is 6.03. The summed E-state index contributed by atoms with van der Waals surface area (Å²) in [6.45, 7) is 1.79. The standard InChI is InChI=1S/C25H29N3O/c26-22-11-13-23(14-12-22)28(19-21-7-5-15-27-17-21)18-20-6-4-10-25(16-20)29-24-8-2-1-3-9-24/h1-10,15-17,22-23H,11-14,18-19,26H2. The fraction of sp³-hybridized carbons (Fsp3) is 0.320. The lowest BCUT2D eigenvalue weighted by Crippen LogP contribution is -2.40. The molecule has 3 aromatic rings. The van der Waals surface area contributed by atoms with Crippen LogP contribution in [-0.4, -0.2) is 22.0 Å². The van der Waals surface area contributed by atoms with Gasteiger partial charge in [-0.05, 0) is 67.1 Å². The van der Waals surface area contributed by atoms with E-state index in [1.165, 1.54) is 11.1 Å². The minimum absolute atomic E-state index is 0.356. The zero-order valence-electron chi connectivity index (χ0n) is 16.8. The number of nitrogens with two attached hydrogens (primary N) is 1. The molecule has 1 fully saturated rings. The van der Waals surface area contributed by atoms with E-state index in [2.05, 4.69) is 34.1 Å². The Morgan fingerprint density at radius 2 is 1.55 bits per heavy atom. The Morgan fingerprint density at radius 1 is 0.828 bits per heavy atom. The molecule has 0 aliphatic heterocycles. The zero-order valence-corrected chi connectivity index (χ0v) is 16.8. The molecule has 2 N–H and O–H groups in total. The summed E-state index contributed by atoms with van der Waals surface area (Å²) in [6, 6.07) is 23.4. The van der Waals surface area contributed by atoms with Gasteiger partial charge in [0.05, 0.1) is 0 Å². The highest BCUT2D eigenvalue weighted by atomic mass is 16.5. The van der Waals surface area contributed by atoms with Crippen LogP contribution in [0, 0.1) is 0 Å². The largest absolute Gasteiger partial charge is 0.457 e. The first kappa shape index (κ1) is 19.6. The fourth-order valence-corrected chi connectivity index (χ4v) is 4.07. The minimum Gasteiger partial charge on any atom is -0.457 e. The molecule has 4 nitrogen and oxygen atoms in total. The summed E-state index contributed by atoms with van der Waals surface area (Å²) >= 11 is 0. The van der Waals surface area contributed by atoms with E-state index in [1.54, 1.807) is 0 Å². The fourth-order valence-electron chi connectivity index (χ4n) is 4.07. The van der Waals surface area contributed by atoms with Gasteiger partial charge in [0.15, 0.2) is 0 Å². The van der Waals surface area contributed by atoms with Gasteiger partial charge in [-0.2, -0.15) is 0 Å². The molecule has 1 aliphatic carbocycles. The number of para-hydroxylation sites is 1. The van der Waals surface area contributed by atoms with E-state index in [0.29, 0.717) is 12.1 Å². The SMILES string of the molecule is NC1CCC(N(Cc2cccnc2)Cc2cccc(Oc3ccccc3)c2)CC1. The van der Waals surface area contributed by atoms with Crippen LogP contribution in [0.15, 0.2) is 79.1 Å². The Balaban J connectivity index is 1.50. The van der Waals surface area contributed by atoms with Crippen molar-refractivity contribution in [3.05, 3.63) is 90.3 Å². The molecule has 0 bridgehead atoms. The predicted octanol–water partition coefficient (Wildman–Crippen LogP) is 5.15. The monoisotopic (exact) mass is 387 g/mol. The second-order valence-electron chi connectivity index (χ2n) is 7.90. The van der Waals surface area contributed by atoms with Crippen LogP contribution in [0.2, 0.25) is 0 Å². The van der Waals surface area contributed by atoms with Gasteiger partial charge in [-0.1, -0.05) is 36.4 Å². The van der Waals surface area contributed by atoms with Crippen LogP contribution in [0.1, 0.15) is 36.8 Å². The smallest absolute Gasteiger partial charge is 0.127 e. The third kappa shape index (κ3) is 5.66. The van der Waals surface area contributed by atoms with Crippen molar-refractivity contribution in [2.24, 2.45) is 5.73 Å². The molecule has 0 spiro atoms. The number of hydrogen-bond donors (Lipinski definition) is 1. The topological polar surface area (TPSA) is 51.4 Å². The molecule has 0 unspecified atom stereocenters. The van der Waals surface area contributed by atoms with Crippen molar-refractivity contribution in [1.82, 2.24) is 9.88 Å². The van der Waals surface area contributed by atoms with Gasteiger partial charge < -0.3 is 10.5 Å². The van der Waals surface area contributed by atoms with Gasteiger partial charge in [-0.3, -0.25) is 9.88 Å². The molecule has 0 saturated heterocycles. The maximum Gasteiger partial charge on any atom is 0.127 e. The van der Waals surface area contributed by atoms with Crippen molar-refractivity contribution < 1.29 is 4.74 Å². The summed E-state index contributed by atoms with van der Waals surface area (Å²) in [7, 11) is 0. The van der Waals surface area contributed by atoms with Gasteiger partial charge in [-0.25, -0.2) is 0 Å². The van der Waals surface area contributed by atoms with Gasteiger partial charge in [0.1, 0.15) is 11.5 Å². The average Bonchev–Trinajstić information content (AvgIpc) is 2.76. The average molecular weight is 388 g/mol. The zero-order chi connectivity index (χ0) is 19.9. The maximum atomic E-state index is 6.15. The molecule has 0 radical (unpaired) electrons. The van der Waals surface area contributed by atoms with Crippen molar-refractivity contribution in [3.63, 3.8) is 0 Å². The lowest BCUT2D eigenvalue weighted by Gasteiger charge is -2.36. The molecule has 29 heavy (non-hydrogen) atoms. The lowest BCUT2D eigenvalue weighted by molar-refractivity contribution is 0.134.